The fourth-order valence-electron chi connectivity index (χ4n) is 4.00. The third-order valence-electron chi connectivity index (χ3n) is 5.38. The molecule has 2 N–H and O–H groups in total. The zero-order valence-electron chi connectivity index (χ0n) is 17.9. The molecule has 0 bridgehead atoms. The van der Waals surface area contributed by atoms with Crippen molar-refractivity contribution in [3.8, 4) is 5.69 Å². The Morgan fingerprint density at radius 1 is 0.906 bits per heavy atom. The molecular formula is C26H22N4O2. The van der Waals surface area contributed by atoms with Crippen LogP contribution in [0.15, 0.2) is 72.8 Å². The maximum Gasteiger partial charge on any atom is 0.344 e. The fourth-order valence-corrected chi connectivity index (χ4v) is 4.00. The number of carbonyl (C=O) groups excluding carboxylic acids is 1. The smallest absolute Gasteiger partial charge is 0.344 e. The summed E-state index contributed by atoms with van der Waals surface area (Å²) in [6.45, 7) is 4.19. The third kappa shape index (κ3) is 3.46. The summed E-state index contributed by atoms with van der Waals surface area (Å²) in [6.07, 6.45) is 0. The van der Waals surface area contributed by atoms with Crippen molar-refractivity contribution in [1.82, 2.24) is 14.5 Å². The molecule has 0 aliphatic carbocycles. The Labute approximate surface area is 185 Å². The quantitative estimate of drug-likeness (QED) is 0.406. The average Bonchev–Trinajstić information content (AvgIpc) is 3.06. The van der Waals surface area contributed by atoms with Crippen LogP contribution in [0.1, 0.15) is 27.0 Å². The molecule has 5 rings (SSSR count). The predicted molar refractivity (Wildman–Crippen MR) is 126 cm³/mol. The summed E-state index contributed by atoms with van der Waals surface area (Å²) in [7, 11) is 0. The van der Waals surface area contributed by atoms with Crippen molar-refractivity contribution >= 4 is 34.0 Å². The van der Waals surface area contributed by atoms with Crippen LogP contribution in [0.5, 0.6) is 0 Å². The topological polar surface area (TPSA) is 83.0 Å². The third-order valence-corrected chi connectivity index (χ3v) is 5.38. The van der Waals surface area contributed by atoms with Crippen LogP contribution in [-0.2, 0) is 11.3 Å². The van der Waals surface area contributed by atoms with Gasteiger partial charge in [0.1, 0.15) is 23.5 Å². The first-order valence-electron chi connectivity index (χ1n) is 10.4. The molecule has 0 atom stereocenters. The van der Waals surface area contributed by atoms with E-state index in [2.05, 4.69) is 6.07 Å². The summed E-state index contributed by atoms with van der Waals surface area (Å²) in [5, 5.41) is 0. The second-order valence-corrected chi connectivity index (χ2v) is 7.89. The van der Waals surface area contributed by atoms with Crippen molar-refractivity contribution in [3.63, 3.8) is 0 Å². The average molecular weight is 422 g/mol. The Bertz CT molecular complexity index is 1450. The highest BCUT2D eigenvalue weighted by Gasteiger charge is 2.26. The summed E-state index contributed by atoms with van der Waals surface area (Å²) >= 11 is 0. The van der Waals surface area contributed by atoms with Gasteiger partial charge in [-0.2, -0.15) is 0 Å². The standard InChI is InChI=1S/C26H22N4O2/c1-16-12-17(2)14-19(13-16)30-24(27)22(26(31)32-15-18-8-4-3-5-9-18)23-25(30)29-21-11-7-6-10-20(21)28-23/h3-14H,15,27H2,1-2H3. The van der Waals surface area contributed by atoms with Gasteiger partial charge < -0.3 is 10.5 Å². The molecule has 0 amide bonds. The first kappa shape index (κ1) is 19.8. The number of ether oxygens (including phenoxy) is 1. The van der Waals surface area contributed by atoms with E-state index in [1.165, 1.54) is 0 Å². The normalized spacial score (nSPS) is 11.2. The second kappa shape index (κ2) is 7.81. The van der Waals surface area contributed by atoms with Crippen molar-refractivity contribution in [3.05, 3.63) is 95.1 Å². The number of aromatic nitrogens is 3. The molecule has 0 saturated heterocycles. The van der Waals surface area contributed by atoms with Crippen LogP contribution in [0.3, 0.4) is 0 Å². The summed E-state index contributed by atoms with van der Waals surface area (Å²) in [4.78, 5) is 22.7. The SMILES string of the molecule is Cc1cc(C)cc(-n2c(N)c(C(=O)OCc3ccccc3)c3nc4ccccc4nc32)c1. The van der Waals surface area contributed by atoms with Gasteiger partial charge in [-0.3, -0.25) is 4.57 Å². The lowest BCUT2D eigenvalue weighted by molar-refractivity contribution is 0.0476. The highest BCUT2D eigenvalue weighted by molar-refractivity contribution is 6.09. The van der Waals surface area contributed by atoms with E-state index in [0.29, 0.717) is 16.7 Å². The number of hydrogen-bond acceptors (Lipinski definition) is 5. The van der Waals surface area contributed by atoms with Gasteiger partial charge in [0.25, 0.3) is 0 Å². The van der Waals surface area contributed by atoms with Gasteiger partial charge in [0, 0.05) is 5.69 Å². The Hall–Kier alpha value is -4.19. The van der Waals surface area contributed by atoms with Gasteiger partial charge in [-0.15, -0.1) is 0 Å². The molecule has 0 aliphatic rings. The van der Waals surface area contributed by atoms with Crippen LogP contribution < -0.4 is 5.73 Å². The van der Waals surface area contributed by atoms with E-state index >= 15 is 0 Å². The molecule has 0 spiro atoms. The van der Waals surface area contributed by atoms with E-state index in [1.807, 2.05) is 80.6 Å². The molecule has 5 aromatic rings. The number of nitrogen functional groups attached to an aromatic ring is 1. The van der Waals surface area contributed by atoms with Crippen LogP contribution in [0, 0.1) is 13.8 Å². The molecule has 0 fully saturated rings. The van der Waals surface area contributed by atoms with E-state index in [-0.39, 0.29) is 18.0 Å². The largest absolute Gasteiger partial charge is 0.457 e. The number of carbonyl (C=O) groups is 1. The zero-order chi connectivity index (χ0) is 22.2. The number of benzene rings is 3. The highest BCUT2D eigenvalue weighted by atomic mass is 16.5. The summed E-state index contributed by atoms with van der Waals surface area (Å²) in [5.74, 6) is -0.262. The maximum absolute atomic E-state index is 13.2. The molecule has 0 aliphatic heterocycles. The number of nitrogens with two attached hydrogens (primary N) is 1. The van der Waals surface area contributed by atoms with Gasteiger partial charge >= 0.3 is 5.97 Å². The molecular weight excluding hydrogens is 400 g/mol. The van der Waals surface area contributed by atoms with Gasteiger partial charge in [0.15, 0.2) is 5.65 Å². The number of aryl methyl sites for hydroxylation is 2. The second-order valence-electron chi connectivity index (χ2n) is 7.89. The molecule has 6 nitrogen and oxygen atoms in total. The van der Waals surface area contributed by atoms with Gasteiger partial charge in [0.05, 0.1) is 11.0 Å². The van der Waals surface area contributed by atoms with E-state index in [1.54, 1.807) is 4.57 Å². The van der Waals surface area contributed by atoms with Gasteiger partial charge in [-0.25, -0.2) is 14.8 Å². The Kier molecular flexibility index (Phi) is 4.82. The Balaban J connectivity index is 1.70. The van der Waals surface area contributed by atoms with Crippen LogP contribution in [-0.4, -0.2) is 20.5 Å². The van der Waals surface area contributed by atoms with E-state index < -0.39 is 5.97 Å². The maximum atomic E-state index is 13.2. The van der Waals surface area contributed by atoms with Gasteiger partial charge in [0.2, 0.25) is 0 Å². The molecule has 0 unspecified atom stereocenters. The number of fused-ring (bicyclic) bond motifs is 2. The van der Waals surface area contributed by atoms with E-state index in [9.17, 15) is 4.79 Å². The van der Waals surface area contributed by atoms with Crippen molar-refractivity contribution in [2.24, 2.45) is 0 Å². The van der Waals surface area contributed by atoms with E-state index in [4.69, 9.17) is 20.4 Å². The summed E-state index contributed by atoms with van der Waals surface area (Å²) in [6, 6.07) is 23.2. The molecule has 32 heavy (non-hydrogen) atoms. The number of rotatable bonds is 4. The lowest BCUT2D eigenvalue weighted by atomic mass is 10.1. The predicted octanol–water partition coefficient (Wildman–Crippen LogP) is 5.13. The zero-order valence-corrected chi connectivity index (χ0v) is 17.9. The first-order chi connectivity index (χ1) is 15.5. The lowest BCUT2D eigenvalue weighted by Crippen LogP contribution is -2.09. The van der Waals surface area contributed by atoms with Crippen LogP contribution in [0.2, 0.25) is 0 Å². The molecule has 158 valence electrons. The molecule has 2 heterocycles. The van der Waals surface area contributed by atoms with Crippen LogP contribution in [0.25, 0.3) is 27.9 Å². The number of esters is 1. The lowest BCUT2D eigenvalue weighted by Gasteiger charge is -2.10. The summed E-state index contributed by atoms with van der Waals surface area (Å²) < 4.78 is 7.40. The summed E-state index contributed by atoms with van der Waals surface area (Å²) in [5.41, 5.74) is 13.1. The Morgan fingerprint density at radius 2 is 1.53 bits per heavy atom. The van der Waals surface area contributed by atoms with Crippen molar-refractivity contribution < 1.29 is 9.53 Å². The molecule has 0 radical (unpaired) electrons. The van der Waals surface area contributed by atoms with Gasteiger partial charge in [-0.05, 0) is 54.8 Å². The molecule has 6 heteroatoms. The minimum Gasteiger partial charge on any atom is -0.457 e. The Morgan fingerprint density at radius 3 is 2.22 bits per heavy atom. The fraction of sp³-hybridized carbons (Fsp3) is 0.115. The van der Waals surface area contributed by atoms with Crippen molar-refractivity contribution in [2.75, 3.05) is 5.73 Å². The monoisotopic (exact) mass is 422 g/mol. The van der Waals surface area contributed by atoms with E-state index in [0.717, 1.165) is 27.9 Å². The first-order valence-corrected chi connectivity index (χ1v) is 10.4. The molecule has 0 saturated carbocycles. The van der Waals surface area contributed by atoms with Crippen molar-refractivity contribution in [2.45, 2.75) is 20.5 Å². The number of anilines is 1. The molecule has 3 aromatic carbocycles. The van der Waals surface area contributed by atoms with Crippen molar-refractivity contribution in [1.29, 1.82) is 0 Å². The minimum absolute atomic E-state index is 0.149. The van der Waals surface area contributed by atoms with Crippen LogP contribution >= 0.6 is 0 Å². The highest BCUT2D eigenvalue weighted by Crippen LogP contribution is 2.32. The molecule has 2 aromatic heterocycles. The number of nitrogens with zero attached hydrogens (tertiary/aromatic N) is 3. The minimum atomic E-state index is -0.524. The number of para-hydroxylation sites is 2. The van der Waals surface area contributed by atoms with Crippen LogP contribution in [0.4, 0.5) is 5.82 Å². The van der Waals surface area contributed by atoms with Gasteiger partial charge in [-0.1, -0.05) is 48.5 Å². The number of hydrogen-bond donors (Lipinski definition) is 1.